The lowest BCUT2D eigenvalue weighted by Gasteiger charge is -2.39. The Hall–Kier alpha value is -0.930. The molecule has 0 radical (unpaired) electrons. The van der Waals surface area contributed by atoms with Gasteiger partial charge in [-0.1, -0.05) is 0 Å². The van der Waals surface area contributed by atoms with Crippen molar-refractivity contribution in [3.05, 3.63) is 9.93 Å². The average Bonchev–Trinajstić information content (AvgIpc) is 2.29. The number of rotatable bonds is 5. The quantitative estimate of drug-likeness (QED) is 0.600. The first-order valence-corrected chi connectivity index (χ1v) is 8.39. The second-order valence-electron chi connectivity index (χ2n) is 3.79. The van der Waals surface area contributed by atoms with Crippen LogP contribution in [0.25, 0.3) is 0 Å². The van der Waals surface area contributed by atoms with Crippen molar-refractivity contribution in [2.75, 3.05) is 6.26 Å². The Kier molecular flexibility index (Phi) is 6.15. The van der Waals surface area contributed by atoms with Gasteiger partial charge in [0.15, 0.2) is 15.9 Å². The largest absolute Gasteiger partial charge is 0.477 e. The van der Waals surface area contributed by atoms with Gasteiger partial charge in [0.25, 0.3) is 0 Å². The van der Waals surface area contributed by atoms with Gasteiger partial charge in [0.1, 0.15) is 0 Å². The molecule has 6 nitrogen and oxygen atoms in total. The molecule has 1 aliphatic heterocycles. The number of thioether (sulfide) groups is 3. The summed E-state index contributed by atoms with van der Waals surface area (Å²) in [6, 6.07) is 0. The lowest BCUT2D eigenvalue weighted by molar-refractivity contribution is -0.145. The van der Waals surface area contributed by atoms with Gasteiger partial charge in [-0.3, -0.25) is 19.3 Å². The van der Waals surface area contributed by atoms with Crippen LogP contribution in [-0.2, 0) is 19.2 Å². The van der Waals surface area contributed by atoms with E-state index in [-0.39, 0.29) is 37.9 Å². The summed E-state index contributed by atoms with van der Waals surface area (Å²) in [5, 5.41) is 8.36. The number of likely N-dealkylation sites (tertiary alicyclic amines) is 1. The highest BCUT2D eigenvalue weighted by Gasteiger charge is 2.42. The van der Waals surface area contributed by atoms with Crippen molar-refractivity contribution in [2.24, 2.45) is 0 Å². The van der Waals surface area contributed by atoms with E-state index in [4.69, 9.17) is 0 Å². The van der Waals surface area contributed by atoms with Crippen molar-refractivity contribution in [2.45, 2.75) is 25.6 Å². The maximum absolute atomic E-state index is 11.6. The summed E-state index contributed by atoms with van der Waals surface area (Å²) in [6.07, 6.45) is 2.01. The van der Waals surface area contributed by atoms with E-state index in [9.17, 15) is 24.3 Å². The zero-order chi connectivity index (χ0) is 15.4. The summed E-state index contributed by atoms with van der Waals surface area (Å²) in [6.45, 7) is 2.55. The van der Waals surface area contributed by atoms with Crippen LogP contribution in [0.5, 0.6) is 0 Å². The van der Waals surface area contributed by atoms with Crippen molar-refractivity contribution < 1.29 is 24.3 Å². The van der Waals surface area contributed by atoms with Gasteiger partial charge < -0.3 is 5.11 Å². The summed E-state index contributed by atoms with van der Waals surface area (Å²) in [5.74, 6) is -1.65. The fourth-order valence-corrected chi connectivity index (χ4v) is 4.21. The summed E-state index contributed by atoms with van der Waals surface area (Å²) < 4.78 is 0.0320. The van der Waals surface area contributed by atoms with Crippen LogP contribution in [0.3, 0.4) is 0 Å². The lowest BCUT2D eigenvalue weighted by Crippen LogP contribution is -2.51. The van der Waals surface area contributed by atoms with Crippen molar-refractivity contribution in [3.63, 3.8) is 0 Å². The average molecular weight is 335 g/mol. The number of carbonyl (C=O) groups excluding carboxylic acids is 3. The third kappa shape index (κ3) is 4.03. The van der Waals surface area contributed by atoms with Gasteiger partial charge in [-0.2, -0.15) is 0 Å². The molecule has 1 amide bonds. The first-order chi connectivity index (χ1) is 9.27. The molecule has 0 aliphatic carbocycles. The van der Waals surface area contributed by atoms with E-state index >= 15 is 0 Å². The fraction of sp³-hybridized carbons (Fsp3) is 0.455. The van der Waals surface area contributed by atoms with Gasteiger partial charge in [-0.05, 0) is 29.8 Å². The van der Waals surface area contributed by atoms with Gasteiger partial charge in [-0.25, -0.2) is 4.79 Å². The maximum Gasteiger partial charge on any atom is 0.354 e. The minimum Gasteiger partial charge on any atom is -0.477 e. The highest BCUT2D eigenvalue weighted by Crippen LogP contribution is 2.40. The smallest absolute Gasteiger partial charge is 0.354 e. The van der Waals surface area contributed by atoms with E-state index < -0.39 is 5.97 Å². The SMILES string of the molecule is CSC1CC(=O)N1C(C(=O)O)=C(SC(C)=O)SC(C)=O. The van der Waals surface area contributed by atoms with Crippen LogP contribution in [-0.4, -0.2) is 43.7 Å². The van der Waals surface area contributed by atoms with E-state index in [1.807, 2.05) is 0 Å². The second kappa shape index (κ2) is 7.19. The molecule has 1 heterocycles. The van der Waals surface area contributed by atoms with Crippen LogP contribution in [0.1, 0.15) is 20.3 Å². The van der Waals surface area contributed by atoms with Gasteiger partial charge in [0.05, 0.1) is 16.0 Å². The molecule has 0 aromatic carbocycles. The molecule has 0 bridgehead atoms. The van der Waals surface area contributed by atoms with Gasteiger partial charge in [0, 0.05) is 13.8 Å². The van der Waals surface area contributed by atoms with E-state index in [1.165, 1.54) is 25.6 Å². The number of amides is 1. The number of carbonyl (C=O) groups is 4. The molecule has 1 unspecified atom stereocenters. The van der Waals surface area contributed by atoms with Crippen LogP contribution in [0.4, 0.5) is 0 Å². The minimum absolute atomic E-state index is 0.0320. The molecule has 9 heteroatoms. The maximum atomic E-state index is 11.6. The van der Waals surface area contributed by atoms with Crippen LogP contribution in [0.15, 0.2) is 9.93 Å². The number of hydrogen-bond acceptors (Lipinski definition) is 7. The van der Waals surface area contributed by atoms with Crippen LogP contribution >= 0.6 is 35.3 Å². The first-order valence-electron chi connectivity index (χ1n) is 5.47. The van der Waals surface area contributed by atoms with Gasteiger partial charge in [0.2, 0.25) is 5.91 Å². The van der Waals surface area contributed by atoms with Crippen molar-refractivity contribution in [1.82, 2.24) is 4.90 Å². The molecule has 0 saturated carbocycles. The highest BCUT2D eigenvalue weighted by molar-refractivity contribution is 8.34. The Morgan fingerprint density at radius 1 is 1.20 bits per heavy atom. The Balaban J connectivity index is 3.25. The van der Waals surface area contributed by atoms with E-state index in [0.717, 1.165) is 4.90 Å². The van der Waals surface area contributed by atoms with Crippen molar-refractivity contribution in [3.8, 4) is 0 Å². The third-order valence-corrected chi connectivity index (χ3v) is 5.04. The summed E-state index contributed by atoms with van der Waals surface area (Å²) >= 11 is 2.65. The zero-order valence-electron chi connectivity index (χ0n) is 11.0. The number of hydrogen-bond donors (Lipinski definition) is 1. The molecule has 110 valence electrons. The summed E-state index contributed by atoms with van der Waals surface area (Å²) in [5.41, 5.74) is -0.291. The molecular weight excluding hydrogens is 322 g/mol. The number of carboxylic acids is 1. The van der Waals surface area contributed by atoms with Crippen LogP contribution < -0.4 is 0 Å². The molecule has 0 aromatic heterocycles. The number of carboxylic acid groups (broad SMARTS) is 1. The molecule has 1 N–H and O–H groups in total. The number of nitrogens with zero attached hydrogens (tertiary/aromatic N) is 1. The molecule has 1 rings (SSSR count). The van der Waals surface area contributed by atoms with Crippen molar-refractivity contribution in [1.29, 1.82) is 0 Å². The van der Waals surface area contributed by atoms with Crippen LogP contribution in [0.2, 0.25) is 0 Å². The standard InChI is InChI=1S/C11H13NO5S3/c1-5(13)19-11(20-6(2)14)9(10(16)17)12-7(15)4-8(12)18-3/h8H,4H2,1-3H3,(H,16,17). The zero-order valence-corrected chi connectivity index (χ0v) is 13.5. The molecule has 0 spiro atoms. The van der Waals surface area contributed by atoms with E-state index in [0.29, 0.717) is 23.5 Å². The van der Waals surface area contributed by atoms with Gasteiger partial charge in [-0.15, -0.1) is 11.8 Å². The van der Waals surface area contributed by atoms with Crippen LogP contribution in [0, 0.1) is 0 Å². The Morgan fingerprint density at radius 3 is 2.00 bits per heavy atom. The lowest BCUT2D eigenvalue weighted by atomic mass is 10.2. The third-order valence-electron chi connectivity index (χ3n) is 2.29. The second-order valence-corrected chi connectivity index (χ2v) is 7.44. The monoisotopic (exact) mass is 335 g/mol. The Bertz CT molecular complexity index is 484. The van der Waals surface area contributed by atoms with E-state index in [1.54, 1.807) is 6.26 Å². The molecule has 1 aliphatic rings. The topological polar surface area (TPSA) is 91.8 Å². The molecule has 1 fully saturated rings. The molecule has 1 atom stereocenters. The molecule has 0 aromatic rings. The fourth-order valence-electron chi connectivity index (χ4n) is 1.51. The molecule has 20 heavy (non-hydrogen) atoms. The molecule has 1 saturated heterocycles. The summed E-state index contributed by atoms with van der Waals surface area (Å²) in [4.78, 5) is 46.7. The predicted molar refractivity (Wildman–Crippen MR) is 80.0 cm³/mol. The predicted octanol–water partition coefficient (Wildman–Crippen LogP) is 1.72. The number of β-lactam (4-membered cyclic amide) rings is 1. The highest BCUT2D eigenvalue weighted by atomic mass is 32.2. The van der Waals surface area contributed by atoms with Gasteiger partial charge >= 0.3 is 5.97 Å². The summed E-state index contributed by atoms with van der Waals surface area (Å²) in [7, 11) is 0. The van der Waals surface area contributed by atoms with E-state index in [2.05, 4.69) is 0 Å². The normalized spacial score (nSPS) is 17.4. The van der Waals surface area contributed by atoms with Crippen molar-refractivity contribution >= 4 is 57.4 Å². The number of aliphatic carboxylic acids is 1. The minimum atomic E-state index is -1.32. The molecular formula is C11H13NO5S3. The Labute approximate surface area is 128 Å². The first kappa shape index (κ1) is 17.1. The Morgan fingerprint density at radius 2 is 1.70 bits per heavy atom.